The van der Waals surface area contributed by atoms with Crippen molar-refractivity contribution in [2.45, 2.75) is 0 Å². The second kappa shape index (κ2) is 4.92. The molecular weight excluding hydrogens is 159 g/mol. The predicted octanol–water partition coefficient (Wildman–Crippen LogP) is -0.699. The fraction of sp³-hybridized carbons (Fsp3) is 0. The van der Waals surface area contributed by atoms with Gasteiger partial charge in [0.15, 0.2) is 0 Å². The molecule has 0 saturated carbocycles. The van der Waals surface area contributed by atoms with Crippen molar-refractivity contribution in [3.8, 4) is 0 Å². The quantitative estimate of drug-likeness (QED) is 0.333. The van der Waals surface area contributed by atoms with E-state index in [1.165, 1.54) is 0 Å². The van der Waals surface area contributed by atoms with Crippen molar-refractivity contribution in [2.75, 3.05) is 0 Å². The Bertz CT molecular complexity index is 147. The molecule has 6 heteroatoms. The van der Waals surface area contributed by atoms with Gasteiger partial charge in [-0.1, -0.05) is 6.58 Å². The van der Waals surface area contributed by atoms with Gasteiger partial charge in [-0.2, -0.15) is 8.42 Å². The summed E-state index contributed by atoms with van der Waals surface area (Å²) in [5.74, 6) is 0. The van der Waals surface area contributed by atoms with Gasteiger partial charge in [-0.05, 0) is 0 Å². The molecule has 0 aliphatic rings. The molecule has 0 unspecified atom stereocenters. The molecule has 0 heterocycles. The zero-order chi connectivity index (χ0) is 5.91. The van der Waals surface area contributed by atoms with Crippen LogP contribution >= 0.6 is 0 Å². The van der Waals surface area contributed by atoms with Crippen molar-refractivity contribution in [1.29, 1.82) is 0 Å². The van der Waals surface area contributed by atoms with Crippen LogP contribution in [0.25, 0.3) is 0 Å². The van der Waals surface area contributed by atoms with Crippen molar-refractivity contribution in [2.24, 2.45) is 0 Å². The molecular formula is C2H5KO4S. The molecule has 0 aliphatic heterocycles. The molecule has 0 spiro atoms. The Morgan fingerprint density at radius 3 is 2.00 bits per heavy atom. The van der Waals surface area contributed by atoms with Gasteiger partial charge in [0.25, 0.3) is 0 Å². The van der Waals surface area contributed by atoms with E-state index in [-0.39, 0.29) is 51.4 Å². The van der Waals surface area contributed by atoms with Gasteiger partial charge in [0.2, 0.25) is 0 Å². The Morgan fingerprint density at radius 1 is 1.62 bits per heavy atom. The van der Waals surface area contributed by atoms with Crippen LogP contribution < -0.4 is 0 Å². The monoisotopic (exact) mass is 164 g/mol. The van der Waals surface area contributed by atoms with E-state index >= 15 is 0 Å². The van der Waals surface area contributed by atoms with Gasteiger partial charge < -0.3 is 4.18 Å². The Kier molecular flexibility index (Phi) is 7.27. The molecule has 0 radical (unpaired) electrons. The van der Waals surface area contributed by atoms with E-state index < -0.39 is 10.4 Å². The summed E-state index contributed by atoms with van der Waals surface area (Å²) in [7, 11) is -4.29. The van der Waals surface area contributed by atoms with E-state index in [0.29, 0.717) is 6.26 Å². The van der Waals surface area contributed by atoms with Gasteiger partial charge in [0.1, 0.15) is 6.26 Å². The van der Waals surface area contributed by atoms with E-state index in [0.717, 1.165) is 0 Å². The molecule has 0 aromatic carbocycles. The first-order chi connectivity index (χ1) is 3.06. The summed E-state index contributed by atoms with van der Waals surface area (Å²) in [6.45, 7) is 2.88. The Balaban J connectivity index is 0. The Labute approximate surface area is 90.3 Å². The first kappa shape index (κ1) is 11.8. The van der Waals surface area contributed by atoms with Gasteiger partial charge >= 0.3 is 61.8 Å². The first-order valence-electron chi connectivity index (χ1n) is 1.33. The van der Waals surface area contributed by atoms with Crippen LogP contribution in [-0.2, 0) is 14.6 Å². The van der Waals surface area contributed by atoms with E-state index in [2.05, 4.69) is 10.8 Å². The summed E-state index contributed by atoms with van der Waals surface area (Å²) in [6, 6.07) is 0. The van der Waals surface area contributed by atoms with E-state index in [4.69, 9.17) is 4.55 Å². The van der Waals surface area contributed by atoms with Gasteiger partial charge in [-0.15, -0.1) is 0 Å². The molecule has 44 valence electrons. The second-order valence-corrected chi connectivity index (χ2v) is 1.74. The van der Waals surface area contributed by atoms with Crippen molar-refractivity contribution < 1.29 is 17.2 Å². The number of hydrogen-bond donors (Lipinski definition) is 1. The van der Waals surface area contributed by atoms with Crippen LogP contribution in [0.2, 0.25) is 0 Å². The third-order valence-corrected chi connectivity index (χ3v) is 0.569. The molecule has 0 aromatic heterocycles. The molecule has 0 saturated heterocycles. The fourth-order valence-corrected chi connectivity index (χ4v) is 0.258. The third-order valence-electron chi connectivity index (χ3n) is 0.190. The van der Waals surface area contributed by atoms with Gasteiger partial charge in [-0.3, -0.25) is 4.55 Å². The summed E-state index contributed by atoms with van der Waals surface area (Å²) >= 11 is 0. The SMILES string of the molecule is C=COS(=O)(=O)O.[KH]. The number of rotatable bonds is 2. The first-order valence-corrected chi connectivity index (χ1v) is 2.69. The summed E-state index contributed by atoms with van der Waals surface area (Å²) < 4.78 is 30.2. The molecule has 0 amide bonds. The van der Waals surface area contributed by atoms with E-state index in [1.54, 1.807) is 0 Å². The Hall–Kier alpha value is 1.09. The van der Waals surface area contributed by atoms with Crippen LogP contribution in [0.4, 0.5) is 0 Å². The molecule has 0 aromatic rings. The van der Waals surface area contributed by atoms with Crippen molar-refractivity contribution in [3.63, 3.8) is 0 Å². The van der Waals surface area contributed by atoms with Crippen LogP contribution in [0.1, 0.15) is 0 Å². The average Bonchev–Trinajstić information content (AvgIpc) is 1.30. The minimum atomic E-state index is -4.29. The van der Waals surface area contributed by atoms with Crippen LogP contribution in [-0.4, -0.2) is 64.4 Å². The molecule has 0 rings (SSSR count). The summed E-state index contributed by atoms with van der Waals surface area (Å²) in [5.41, 5.74) is 0. The number of hydrogen-bond acceptors (Lipinski definition) is 3. The average molecular weight is 164 g/mol. The molecule has 0 aliphatic carbocycles. The van der Waals surface area contributed by atoms with Crippen LogP contribution in [0.5, 0.6) is 0 Å². The summed E-state index contributed by atoms with van der Waals surface area (Å²) in [5, 5.41) is 0. The fourth-order valence-electron chi connectivity index (χ4n) is 0.0860. The van der Waals surface area contributed by atoms with Crippen LogP contribution in [0.15, 0.2) is 12.8 Å². The van der Waals surface area contributed by atoms with E-state index in [9.17, 15) is 8.42 Å². The summed E-state index contributed by atoms with van der Waals surface area (Å²) in [6.07, 6.45) is 0.620. The standard InChI is InChI=1S/C2H4O4S.K.H/c1-2-6-7(3,4)5;;/h2H,1H2,(H,3,4,5);;. The predicted molar refractivity (Wildman–Crippen MR) is 30.0 cm³/mol. The molecule has 1 N–H and O–H groups in total. The second-order valence-electron chi connectivity index (χ2n) is 0.691. The molecule has 8 heavy (non-hydrogen) atoms. The normalized spacial score (nSPS) is 9.12. The maximum absolute atomic E-state index is 9.49. The van der Waals surface area contributed by atoms with Gasteiger partial charge in [-0.25, -0.2) is 0 Å². The van der Waals surface area contributed by atoms with Crippen molar-refractivity contribution in [3.05, 3.63) is 12.8 Å². The molecule has 0 atom stereocenters. The molecule has 4 nitrogen and oxygen atoms in total. The van der Waals surface area contributed by atoms with Crippen LogP contribution in [0.3, 0.4) is 0 Å². The minimum absolute atomic E-state index is 0. The summed E-state index contributed by atoms with van der Waals surface area (Å²) in [4.78, 5) is 0. The van der Waals surface area contributed by atoms with E-state index in [1.807, 2.05) is 0 Å². The van der Waals surface area contributed by atoms with Crippen LogP contribution in [0, 0.1) is 0 Å². The van der Waals surface area contributed by atoms with Crippen molar-refractivity contribution >= 4 is 61.8 Å². The Morgan fingerprint density at radius 2 is 2.00 bits per heavy atom. The molecule has 0 bridgehead atoms. The maximum atomic E-state index is 9.49. The molecule has 0 fully saturated rings. The van der Waals surface area contributed by atoms with Gasteiger partial charge in [0, 0.05) is 0 Å². The van der Waals surface area contributed by atoms with Crippen molar-refractivity contribution in [1.82, 2.24) is 0 Å². The zero-order valence-corrected chi connectivity index (χ0v) is 4.18. The van der Waals surface area contributed by atoms with Gasteiger partial charge in [0.05, 0.1) is 0 Å². The zero-order valence-electron chi connectivity index (χ0n) is 3.36. The third kappa shape index (κ3) is 10.1. The topological polar surface area (TPSA) is 63.6 Å².